The van der Waals surface area contributed by atoms with Gasteiger partial charge in [0.1, 0.15) is 5.82 Å². The Labute approximate surface area is 130 Å². The van der Waals surface area contributed by atoms with Crippen LogP contribution in [0.4, 0.5) is 23.2 Å². The Morgan fingerprint density at radius 3 is 2.14 bits per heavy atom. The van der Waals surface area contributed by atoms with Gasteiger partial charge in [-0.2, -0.15) is 13.2 Å². The molecular formula is C13H14Cl2F4N2. The fourth-order valence-corrected chi connectivity index (χ4v) is 2.94. The summed E-state index contributed by atoms with van der Waals surface area (Å²) >= 11 is 11.8. The quantitative estimate of drug-likeness (QED) is 0.808. The summed E-state index contributed by atoms with van der Waals surface area (Å²) in [4.78, 5) is 1.37. The van der Waals surface area contributed by atoms with Crippen LogP contribution in [0, 0.1) is 5.82 Å². The van der Waals surface area contributed by atoms with Gasteiger partial charge in [0.05, 0.1) is 22.3 Å². The second kappa shape index (κ2) is 6.58. The zero-order chi connectivity index (χ0) is 15.6. The molecule has 21 heavy (non-hydrogen) atoms. The first-order valence-corrected chi connectivity index (χ1v) is 7.20. The monoisotopic (exact) mass is 344 g/mol. The molecule has 0 radical (unpaired) electrons. The van der Waals surface area contributed by atoms with Crippen molar-refractivity contribution in [1.29, 1.82) is 0 Å². The number of halogens is 6. The lowest BCUT2D eigenvalue weighted by molar-refractivity contribution is -0.147. The molecule has 0 unspecified atom stereocenters. The number of alkyl halides is 3. The first kappa shape index (κ1) is 16.6. The average Bonchev–Trinajstić information content (AvgIpc) is 2.34. The van der Waals surface area contributed by atoms with E-state index in [1.165, 1.54) is 4.90 Å². The summed E-state index contributed by atoms with van der Waals surface area (Å²) in [7, 11) is 0. The van der Waals surface area contributed by atoms with Crippen LogP contribution < -0.4 is 5.32 Å². The summed E-state index contributed by atoms with van der Waals surface area (Å²) in [6.45, 7) is -0.209. The number of likely N-dealkylation sites (tertiary alicyclic amines) is 1. The first-order valence-electron chi connectivity index (χ1n) is 6.45. The van der Waals surface area contributed by atoms with E-state index in [9.17, 15) is 17.6 Å². The van der Waals surface area contributed by atoms with Crippen LogP contribution >= 0.6 is 23.2 Å². The number of rotatable bonds is 3. The topological polar surface area (TPSA) is 15.3 Å². The molecule has 1 saturated heterocycles. The van der Waals surface area contributed by atoms with Gasteiger partial charge in [-0.05, 0) is 25.0 Å². The predicted octanol–water partition coefficient (Wildman–Crippen LogP) is 4.57. The van der Waals surface area contributed by atoms with E-state index in [0.717, 1.165) is 12.1 Å². The Balaban J connectivity index is 1.92. The van der Waals surface area contributed by atoms with Crippen LogP contribution in [0.1, 0.15) is 12.8 Å². The summed E-state index contributed by atoms with van der Waals surface area (Å²) in [5.41, 5.74) is 0.425. The molecule has 0 amide bonds. The lowest BCUT2D eigenvalue weighted by Gasteiger charge is -2.33. The molecule has 0 saturated carbocycles. The molecule has 1 aromatic rings. The van der Waals surface area contributed by atoms with Gasteiger partial charge in [0, 0.05) is 19.1 Å². The summed E-state index contributed by atoms with van der Waals surface area (Å²) in [6, 6.07) is 2.26. The fourth-order valence-electron chi connectivity index (χ4n) is 2.37. The molecule has 8 heteroatoms. The molecule has 1 aliphatic heterocycles. The van der Waals surface area contributed by atoms with Crippen molar-refractivity contribution in [2.24, 2.45) is 0 Å². The maximum Gasteiger partial charge on any atom is 0.401 e. The highest BCUT2D eigenvalue weighted by atomic mass is 35.5. The molecule has 0 atom stereocenters. The first-order chi connectivity index (χ1) is 9.74. The number of anilines is 1. The van der Waals surface area contributed by atoms with Crippen molar-refractivity contribution in [3.8, 4) is 0 Å². The smallest absolute Gasteiger partial charge is 0.380 e. The number of piperidine rings is 1. The zero-order valence-electron chi connectivity index (χ0n) is 11.0. The van der Waals surface area contributed by atoms with Crippen LogP contribution in [-0.2, 0) is 0 Å². The van der Waals surface area contributed by atoms with Crippen LogP contribution in [0.25, 0.3) is 0 Å². The van der Waals surface area contributed by atoms with Gasteiger partial charge in [-0.15, -0.1) is 0 Å². The molecule has 1 fully saturated rings. The minimum Gasteiger partial charge on any atom is -0.380 e. The highest BCUT2D eigenvalue weighted by Gasteiger charge is 2.32. The third-order valence-corrected chi connectivity index (χ3v) is 3.94. The summed E-state index contributed by atoms with van der Waals surface area (Å²) in [5, 5.41) is 3.42. The highest BCUT2D eigenvalue weighted by molar-refractivity contribution is 6.39. The number of nitrogens with one attached hydrogen (secondary N) is 1. The maximum atomic E-state index is 13.1. The molecule has 2 nitrogen and oxygen atoms in total. The molecule has 0 aliphatic carbocycles. The minimum absolute atomic E-state index is 0.0325. The van der Waals surface area contributed by atoms with Crippen molar-refractivity contribution in [2.45, 2.75) is 25.1 Å². The molecule has 1 heterocycles. The van der Waals surface area contributed by atoms with E-state index in [-0.39, 0.29) is 16.1 Å². The van der Waals surface area contributed by atoms with E-state index in [1.807, 2.05) is 0 Å². The van der Waals surface area contributed by atoms with Crippen molar-refractivity contribution in [1.82, 2.24) is 4.90 Å². The van der Waals surface area contributed by atoms with Gasteiger partial charge in [-0.3, -0.25) is 4.90 Å². The third kappa shape index (κ3) is 4.90. The van der Waals surface area contributed by atoms with Gasteiger partial charge in [0.25, 0.3) is 0 Å². The van der Waals surface area contributed by atoms with Crippen LogP contribution in [0.15, 0.2) is 12.1 Å². The van der Waals surface area contributed by atoms with E-state index < -0.39 is 18.5 Å². The van der Waals surface area contributed by atoms with Crippen LogP contribution in [0.2, 0.25) is 10.0 Å². The van der Waals surface area contributed by atoms with E-state index in [2.05, 4.69) is 5.32 Å². The minimum atomic E-state index is -4.18. The van der Waals surface area contributed by atoms with Gasteiger partial charge < -0.3 is 5.32 Å². The lowest BCUT2D eigenvalue weighted by Crippen LogP contribution is -2.43. The molecule has 118 valence electrons. The van der Waals surface area contributed by atoms with Crippen molar-refractivity contribution >= 4 is 28.9 Å². The molecule has 0 bridgehead atoms. The van der Waals surface area contributed by atoms with Crippen LogP contribution in [0.5, 0.6) is 0 Å². The van der Waals surface area contributed by atoms with Crippen LogP contribution in [-0.4, -0.2) is 36.8 Å². The molecule has 1 aliphatic rings. The number of hydrogen-bond acceptors (Lipinski definition) is 2. The molecule has 2 rings (SSSR count). The molecule has 0 spiro atoms. The van der Waals surface area contributed by atoms with Crippen molar-refractivity contribution in [3.63, 3.8) is 0 Å². The molecule has 1 aromatic carbocycles. The van der Waals surface area contributed by atoms with Gasteiger partial charge in [0.15, 0.2) is 0 Å². The summed E-state index contributed by atoms with van der Waals surface area (Å²) in [5.74, 6) is -0.532. The van der Waals surface area contributed by atoms with Crippen molar-refractivity contribution in [3.05, 3.63) is 28.0 Å². The van der Waals surface area contributed by atoms with Gasteiger partial charge in [-0.25, -0.2) is 4.39 Å². The van der Waals surface area contributed by atoms with Gasteiger partial charge in [0.2, 0.25) is 0 Å². The van der Waals surface area contributed by atoms with E-state index in [1.54, 1.807) is 0 Å². The maximum absolute atomic E-state index is 13.1. The Bertz CT molecular complexity index is 476. The zero-order valence-corrected chi connectivity index (χ0v) is 12.5. The van der Waals surface area contributed by atoms with Gasteiger partial charge in [-0.1, -0.05) is 23.2 Å². The van der Waals surface area contributed by atoms with Crippen LogP contribution in [0.3, 0.4) is 0 Å². The van der Waals surface area contributed by atoms with E-state index in [4.69, 9.17) is 23.2 Å². The highest BCUT2D eigenvalue weighted by Crippen LogP contribution is 2.33. The Kier molecular flexibility index (Phi) is 5.22. The Morgan fingerprint density at radius 2 is 1.67 bits per heavy atom. The predicted molar refractivity (Wildman–Crippen MR) is 75.6 cm³/mol. The van der Waals surface area contributed by atoms with Gasteiger partial charge >= 0.3 is 6.18 Å². The average molecular weight is 345 g/mol. The number of benzene rings is 1. The number of nitrogens with zero attached hydrogens (tertiary/aromatic N) is 1. The van der Waals surface area contributed by atoms with E-state index in [0.29, 0.717) is 31.6 Å². The second-order valence-electron chi connectivity index (χ2n) is 5.05. The largest absolute Gasteiger partial charge is 0.401 e. The van der Waals surface area contributed by atoms with Crippen molar-refractivity contribution < 1.29 is 17.6 Å². The number of hydrogen-bond donors (Lipinski definition) is 1. The molecule has 0 aromatic heterocycles. The normalized spacial score (nSPS) is 18.0. The SMILES string of the molecule is Fc1cc(Cl)c(NC2CCN(CC(F)(F)F)CC2)c(Cl)c1. The lowest BCUT2D eigenvalue weighted by atomic mass is 10.0. The summed E-state index contributed by atoms with van der Waals surface area (Å²) < 4.78 is 50.0. The molecule has 1 N–H and O–H groups in total. The standard InChI is InChI=1S/C13H14Cl2F4N2/c14-10-5-8(16)6-11(15)12(10)20-9-1-3-21(4-2-9)7-13(17,18)19/h5-6,9,20H,1-4,7H2. The molecular weight excluding hydrogens is 331 g/mol. The van der Waals surface area contributed by atoms with E-state index >= 15 is 0 Å². The third-order valence-electron chi connectivity index (χ3n) is 3.35. The van der Waals surface area contributed by atoms with Crippen molar-refractivity contribution in [2.75, 3.05) is 25.0 Å². The Hall–Kier alpha value is -0.720. The Morgan fingerprint density at radius 1 is 1.14 bits per heavy atom. The second-order valence-corrected chi connectivity index (χ2v) is 5.87. The summed E-state index contributed by atoms with van der Waals surface area (Å²) in [6.07, 6.45) is -3.09. The fraction of sp³-hybridized carbons (Fsp3) is 0.538.